The number of rotatable bonds is 9. The summed E-state index contributed by atoms with van der Waals surface area (Å²) >= 11 is 0. The molecule has 2 aromatic rings. The van der Waals surface area contributed by atoms with Crippen LogP contribution in [-0.2, 0) is 27.7 Å². The lowest BCUT2D eigenvalue weighted by Crippen LogP contribution is -2.36. The van der Waals surface area contributed by atoms with Gasteiger partial charge in [-0.25, -0.2) is 12.7 Å². The summed E-state index contributed by atoms with van der Waals surface area (Å²) in [4.78, 5) is 15.7. The number of hydrogen-bond acceptors (Lipinski definition) is 4. The second kappa shape index (κ2) is 8.73. The van der Waals surface area contributed by atoms with E-state index in [0.29, 0.717) is 6.42 Å². The van der Waals surface area contributed by atoms with Crippen LogP contribution in [0.25, 0.3) is 0 Å². The molecule has 0 fully saturated rings. The molecule has 1 aromatic carbocycles. The van der Waals surface area contributed by atoms with Gasteiger partial charge < -0.3 is 5.11 Å². The maximum Gasteiger partial charge on any atom is 0.307 e. The van der Waals surface area contributed by atoms with Crippen molar-refractivity contribution in [2.24, 2.45) is 5.92 Å². The molecule has 6 nitrogen and oxygen atoms in total. The van der Waals surface area contributed by atoms with E-state index in [0.717, 1.165) is 11.3 Å². The number of sulfonamides is 1. The van der Waals surface area contributed by atoms with Crippen LogP contribution >= 0.6 is 0 Å². The largest absolute Gasteiger partial charge is 0.481 e. The molecule has 0 radical (unpaired) electrons. The Balaban J connectivity index is 1.99. The molecule has 1 aromatic heterocycles. The van der Waals surface area contributed by atoms with E-state index in [1.807, 2.05) is 30.3 Å². The molecule has 0 aliphatic carbocycles. The van der Waals surface area contributed by atoms with Crippen LogP contribution in [0.5, 0.6) is 0 Å². The maximum absolute atomic E-state index is 12.5. The first-order valence-electron chi connectivity index (χ1n) is 7.99. The molecule has 25 heavy (non-hydrogen) atoms. The first kappa shape index (κ1) is 19.1. The zero-order valence-corrected chi connectivity index (χ0v) is 14.9. The first-order chi connectivity index (χ1) is 11.9. The number of carboxylic acid groups (broad SMARTS) is 1. The number of likely N-dealkylation sites (N-methyl/N-ethyl adjacent to an activating group) is 1. The molecule has 134 valence electrons. The normalized spacial score (nSPS) is 12.9. The van der Waals surface area contributed by atoms with E-state index in [-0.39, 0.29) is 13.0 Å². The predicted octanol–water partition coefficient (Wildman–Crippen LogP) is 1.83. The molecule has 0 aliphatic rings. The molecular weight excluding hydrogens is 340 g/mol. The number of hydrogen-bond donors (Lipinski definition) is 1. The van der Waals surface area contributed by atoms with Gasteiger partial charge in [-0.3, -0.25) is 9.78 Å². The number of benzene rings is 1. The molecule has 7 heteroatoms. The van der Waals surface area contributed by atoms with Crippen molar-refractivity contribution >= 4 is 16.0 Å². The van der Waals surface area contributed by atoms with Crippen LogP contribution in [0, 0.1) is 5.92 Å². The van der Waals surface area contributed by atoms with Gasteiger partial charge in [-0.15, -0.1) is 0 Å². The van der Waals surface area contributed by atoms with Gasteiger partial charge in [-0.05, 0) is 24.1 Å². The highest BCUT2D eigenvalue weighted by Gasteiger charge is 2.28. The highest BCUT2D eigenvalue weighted by atomic mass is 32.2. The quantitative estimate of drug-likeness (QED) is 0.735. The fourth-order valence-corrected chi connectivity index (χ4v) is 3.85. The van der Waals surface area contributed by atoms with Gasteiger partial charge in [0.25, 0.3) is 0 Å². The molecule has 0 unspecified atom stereocenters. The summed E-state index contributed by atoms with van der Waals surface area (Å²) in [5.41, 5.74) is 1.60. The van der Waals surface area contributed by atoms with Crippen molar-refractivity contribution in [1.82, 2.24) is 9.29 Å². The Morgan fingerprint density at radius 1 is 1.16 bits per heavy atom. The Morgan fingerprint density at radius 3 is 2.44 bits per heavy atom. The van der Waals surface area contributed by atoms with Crippen molar-refractivity contribution in [2.45, 2.75) is 12.8 Å². The monoisotopic (exact) mass is 362 g/mol. The van der Waals surface area contributed by atoms with Crippen LogP contribution in [0.15, 0.2) is 54.7 Å². The van der Waals surface area contributed by atoms with Gasteiger partial charge in [0.1, 0.15) is 0 Å². The van der Waals surface area contributed by atoms with Crippen molar-refractivity contribution < 1.29 is 18.3 Å². The van der Waals surface area contributed by atoms with Crippen LogP contribution in [-0.4, -0.2) is 48.1 Å². The summed E-state index contributed by atoms with van der Waals surface area (Å²) in [7, 11) is -2.20. The molecule has 2 rings (SSSR count). The van der Waals surface area contributed by atoms with Crippen molar-refractivity contribution in [3.05, 3.63) is 66.0 Å². The maximum atomic E-state index is 12.5. The SMILES string of the molecule is CN(CCc1ccccn1)S(=O)(=O)C[C@H](Cc1ccccc1)C(=O)O. The highest BCUT2D eigenvalue weighted by Crippen LogP contribution is 2.14. The molecule has 0 spiro atoms. The van der Waals surface area contributed by atoms with Crippen molar-refractivity contribution in [1.29, 1.82) is 0 Å². The number of aliphatic carboxylic acids is 1. The number of nitrogens with zero attached hydrogens (tertiary/aromatic N) is 2. The van der Waals surface area contributed by atoms with Gasteiger partial charge in [-0.1, -0.05) is 36.4 Å². The molecular formula is C18H22N2O4S. The third-order valence-corrected chi connectivity index (χ3v) is 5.93. The minimum atomic E-state index is -3.67. The molecule has 1 N–H and O–H groups in total. The van der Waals surface area contributed by atoms with Crippen molar-refractivity contribution in [3.8, 4) is 0 Å². The van der Waals surface area contributed by atoms with E-state index >= 15 is 0 Å². The standard InChI is InChI=1S/C18H22N2O4S/c1-20(12-10-17-9-5-6-11-19-17)25(23,24)14-16(18(21)22)13-15-7-3-2-4-8-15/h2-9,11,16H,10,12-14H2,1H3,(H,21,22)/t16-/m0/s1. The van der Waals surface area contributed by atoms with E-state index in [9.17, 15) is 18.3 Å². The summed E-state index contributed by atoms with van der Waals surface area (Å²) in [6.45, 7) is 0.261. The number of carboxylic acids is 1. The fraction of sp³-hybridized carbons (Fsp3) is 0.333. The van der Waals surface area contributed by atoms with Gasteiger partial charge in [0, 0.05) is 31.9 Å². The third-order valence-electron chi connectivity index (χ3n) is 3.97. The summed E-state index contributed by atoms with van der Waals surface area (Å²) in [6, 6.07) is 14.5. The second-order valence-electron chi connectivity index (χ2n) is 5.90. The topological polar surface area (TPSA) is 87.6 Å². The molecule has 0 saturated heterocycles. The number of pyridine rings is 1. The van der Waals surface area contributed by atoms with Gasteiger partial charge in [0.2, 0.25) is 10.0 Å². The Hall–Kier alpha value is -2.25. The Bertz CT molecular complexity index is 779. The van der Waals surface area contributed by atoms with Gasteiger partial charge in [0.05, 0.1) is 11.7 Å². The number of aromatic nitrogens is 1. The third kappa shape index (κ3) is 5.95. The van der Waals surface area contributed by atoms with E-state index < -0.39 is 27.7 Å². The lowest BCUT2D eigenvalue weighted by molar-refractivity contribution is -0.140. The van der Waals surface area contributed by atoms with Crippen LogP contribution in [0.1, 0.15) is 11.3 Å². The van der Waals surface area contributed by atoms with E-state index in [4.69, 9.17) is 0 Å². The zero-order chi connectivity index (χ0) is 18.3. The summed E-state index contributed by atoms with van der Waals surface area (Å²) in [5, 5.41) is 9.39. The van der Waals surface area contributed by atoms with E-state index in [1.165, 1.54) is 11.4 Å². The summed E-state index contributed by atoms with van der Waals surface area (Å²) in [5.74, 6) is -2.51. The molecule has 0 aliphatic heterocycles. The first-order valence-corrected chi connectivity index (χ1v) is 9.60. The Labute approximate surface area is 148 Å². The highest BCUT2D eigenvalue weighted by molar-refractivity contribution is 7.89. The molecule has 0 saturated carbocycles. The average molecular weight is 362 g/mol. The smallest absolute Gasteiger partial charge is 0.307 e. The van der Waals surface area contributed by atoms with Crippen molar-refractivity contribution in [3.63, 3.8) is 0 Å². The van der Waals surface area contributed by atoms with Crippen molar-refractivity contribution in [2.75, 3.05) is 19.3 Å². The Kier molecular flexibility index (Phi) is 6.66. The van der Waals surface area contributed by atoms with Crippen LogP contribution in [0.2, 0.25) is 0 Å². The lowest BCUT2D eigenvalue weighted by atomic mass is 10.0. The molecule has 0 amide bonds. The van der Waals surface area contributed by atoms with Gasteiger partial charge >= 0.3 is 5.97 Å². The summed E-state index contributed by atoms with van der Waals surface area (Å²) < 4.78 is 26.2. The molecule has 1 heterocycles. The zero-order valence-electron chi connectivity index (χ0n) is 14.1. The fourth-order valence-electron chi connectivity index (χ4n) is 2.45. The van der Waals surface area contributed by atoms with Gasteiger partial charge in [-0.2, -0.15) is 0 Å². The minimum Gasteiger partial charge on any atom is -0.481 e. The van der Waals surface area contributed by atoms with Crippen LogP contribution < -0.4 is 0 Å². The lowest BCUT2D eigenvalue weighted by Gasteiger charge is -2.20. The second-order valence-corrected chi connectivity index (χ2v) is 8.02. The predicted molar refractivity (Wildman–Crippen MR) is 95.6 cm³/mol. The number of carbonyl (C=O) groups is 1. The molecule has 0 bridgehead atoms. The summed E-state index contributed by atoms with van der Waals surface area (Å²) in [6.07, 6.45) is 2.32. The minimum absolute atomic E-state index is 0.184. The van der Waals surface area contributed by atoms with Gasteiger partial charge in [0.15, 0.2) is 0 Å². The van der Waals surface area contributed by atoms with Crippen LogP contribution in [0.4, 0.5) is 0 Å². The van der Waals surface area contributed by atoms with E-state index in [1.54, 1.807) is 24.4 Å². The van der Waals surface area contributed by atoms with Crippen LogP contribution in [0.3, 0.4) is 0 Å². The average Bonchev–Trinajstić information content (AvgIpc) is 2.60. The molecule has 1 atom stereocenters. The van der Waals surface area contributed by atoms with E-state index in [2.05, 4.69) is 4.98 Å². The Morgan fingerprint density at radius 2 is 1.84 bits per heavy atom.